The summed E-state index contributed by atoms with van der Waals surface area (Å²) in [5, 5.41) is 3.41. The summed E-state index contributed by atoms with van der Waals surface area (Å²) in [4.78, 5) is 2.75. The van der Waals surface area contributed by atoms with E-state index >= 15 is 0 Å². The zero-order valence-corrected chi connectivity index (χ0v) is 12.9. The third-order valence-electron chi connectivity index (χ3n) is 3.58. The highest BCUT2D eigenvalue weighted by Gasteiger charge is 2.15. The second kappa shape index (κ2) is 6.56. The molecule has 1 unspecified atom stereocenters. The van der Waals surface area contributed by atoms with E-state index in [-0.39, 0.29) is 4.90 Å². The standard InChI is InChI=1S/C14H23N3O2S/c1-12(11-17-9-3-4-10-17)16-13-5-7-14(8-6-13)20(18,19)15-2/h5-8,12,15-16H,3-4,9-11H2,1-2H3. The van der Waals surface area contributed by atoms with Gasteiger partial charge >= 0.3 is 0 Å². The van der Waals surface area contributed by atoms with Crippen LogP contribution in [0.3, 0.4) is 0 Å². The fourth-order valence-corrected chi connectivity index (χ4v) is 3.26. The summed E-state index contributed by atoms with van der Waals surface area (Å²) >= 11 is 0. The zero-order valence-electron chi connectivity index (χ0n) is 12.1. The van der Waals surface area contributed by atoms with Crippen LogP contribution in [0.25, 0.3) is 0 Å². The molecule has 20 heavy (non-hydrogen) atoms. The molecular formula is C14H23N3O2S. The lowest BCUT2D eigenvalue weighted by atomic mass is 10.2. The van der Waals surface area contributed by atoms with Gasteiger partial charge in [-0.25, -0.2) is 13.1 Å². The number of sulfonamides is 1. The summed E-state index contributed by atoms with van der Waals surface area (Å²) in [6.45, 7) is 5.55. The van der Waals surface area contributed by atoms with E-state index in [0.29, 0.717) is 6.04 Å². The maximum Gasteiger partial charge on any atom is 0.240 e. The fourth-order valence-electron chi connectivity index (χ4n) is 2.53. The number of nitrogens with one attached hydrogen (secondary N) is 2. The number of benzene rings is 1. The van der Waals surface area contributed by atoms with Gasteiger partial charge in [0.1, 0.15) is 0 Å². The lowest BCUT2D eigenvalue weighted by Crippen LogP contribution is -2.32. The van der Waals surface area contributed by atoms with Crippen molar-refractivity contribution in [3.05, 3.63) is 24.3 Å². The van der Waals surface area contributed by atoms with E-state index in [4.69, 9.17) is 0 Å². The Balaban J connectivity index is 1.93. The summed E-state index contributed by atoms with van der Waals surface area (Å²) < 4.78 is 25.6. The van der Waals surface area contributed by atoms with Crippen molar-refractivity contribution < 1.29 is 8.42 Å². The molecule has 112 valence electrons. The van der Waals surface area contributed by atoms with Gasteiger partial charge in [0.2, 0.25) is 10.0 Å². The summed E-state index contributed by atoms with van der Waals surface area (Å²) in [5.74, 6) is 0. The molecule has 0 saturated carbocycles. The molecule has 1 heterocycles. The average Bonchev–Trinajstić information content (AvgIpc) is 2.92. The summed E-state index contributed by atoms with van der Waals surface area (Å²) in [6, 6.07) is 7.21. The van der Waals surface area contributed by atoms with Crippen molar-refractivity contribution in [2.45, 2.75) is 30.7 Å². The molecule has 5 nitrogen and oxygen atoms in total. The summed E-state index contributed by atoms with van der Waals surface area (Å²) in [6.07, 6.45) is 2.59. The first-order valence-corrected chi connectivity index (χ1v) is 8.52. The number of likely N-dealkylation sites (tertiary alicyclic amines) is 1. The second-order valence-corrected chi connectivity index (χ2v) is 7.17. The zero-order chi connectivity index (χ0) is 14.6. The Morgan fingerprint density at radius 1 is 1.20 bits per heavy atom. The Hall–Kier alpha value is -1.11. The van der Waals surface area contributed by atoms with Gasteiger partial charge in [0.25, 0.3) is 0 Å². The molecule has 1 aliphatic heterocycles. The number of nitrogens with zero attached hydrogens (tertiary/aromatic N) is 1. The van der Waals surface area contributed by atoms with Crippen LogP contribution in [0.4, 0.5) is 5.69 Å². The molecule has 0 radical (unpaired) electrons. The fraction of sp³-hybridized carbons (Fsp3) is 0.571. The Morgan fingerprint density at radius 2 is 1.80 bits per heavy atom. The molecule has 2 rings (SSSR count). The van der Waals surface area contributed by atoms with Crippen LogP contribution in [0.5, 0.6) is 0 Å². The molecule has 1 aromatic carbocycles. The van der Waals surface area contributed by atoms with Gasteiger partial charge in [-0.05, 0) is 64.2 Å². The largest absolute Gasteiger partial charge is 0.381 e. The number of rotatable bonds is 6. The SMILES string of the molecule is CNS(=O)(=O)c1ccc(NC(C)CN2CCCC2)cc1. The van der Waals surface area contributed by atoms with Crippen LogP contribution in [0.2, 0.25) is 0 Å². The van der Waals surface area contributed by atoms with Gasteiger partial charge in [0.05, 0.1) is 4.90 Å². The van der Waals surface area contributed by atoms with E-state index in [9.17, 15) is 8.42 Å². The Kier molecular flexibility index (Phi) is 5.01. The molecule has 0 aliphatic carbocycles. The van der Waals surface area contributed by atoms with Gasteiger partial charge < -0.3 is 10.2 Å². The lowest BCUT2D eigenvalue weighted by Gasteiger charge is -2.22. The van der Waals surface area contributed by atoms with E-state index in [1.165, 1.54) is 33.0 Å². The van der Waals surface area contributed by atoms with Crippen LogP contribution in [-0.2, 0) is 10.0 Å². The van der Waals surface area contributed by atoms with Gasteiger partial charge in [-0.2, -0.15) is 0 Å². The van der Waals surface area contributed by atoms with Crippen molar-refractivity contribution >= 4 is 15.7 Å². The molecule has 1 atom stereocenters. The first kappa shape index (κ1) is 15.3. The van der Waals surface area contributed by atoms with E-state index in [1.807, 2.05) is 12.1 Å². The monoisotopic (exact) mass is 297 g/mol. The van der Waals surface area contributed by atoms with E-state index < -0.39 is 10.0 Å². The number of anilines is 1. The Morgan fingerprint density at radius 3 is 2.35 bits per heavy atom. The predicted molar refractivity (Wildman–Crippen MR) is 81.4 cm³/mol. The number of hydrogen-bond donors (Lipinski definition) is 2. The Bertz CT molecular complexity index is 522. The van der Waals surface area contributed by atoms with Crippen molar-refractivity contribution in [3.8, 4) is 0 Å². The van der Waals surface area contributed by atoms with Crippen LogP contribution >= 0.6 is 0 Å². The van der Waals surface area contributed by atoms with E-state index in [0.717, 1.165) is 12.2 Å². The van der Waals surface area contributed by atoms with Crippen molar-refractivity contribution in [1.82, 2.24) is 9.62 Å². The van der Waals surface area contributed by atoms with Crippen LogP contribution in [-0.4, -0.2) is 46.0 Å². The highest BCUT2D eigenvalue weighted by Crippen LogP contribution is 2.15. The second-order valence-electron chi connectivity index (χ2n) is 5.29. The van der Waals surface area contributed by atoms with Crippen LogP contribution in [0.15, 0.2) is 29.2 Å². The van der Waals surface area contributed by atoms with Gasteiger partial charge in [0.15, 0.2) is 0 Å². The number of hydrogen-bond acceptors (Lipinski definition) is 4. The molecule has 2 N–H and O–H groups in total. The molecule has 1 saturated heterocycles. The summed E-state index contributed by atoms with van der Waals surface area (Å²) in [5.41, 5.74) is 0.951. The molecule has 6 heteroatoms. The molecule has 0 bridgehead atoms. The normalized spacial score (nSPS) is 18.1. The van der Waals surface area contributed by atoms with Crippen molar-refractivity contribution in [3.63, 3.8) is 0 Å². The Labute approximate surface area is 121 Å². The highest BCUT2D eigenvalue weighted by atomic mass is 32.2. The minimum absolute atomic E-state index is 0.290. The van der Waals surface area contributed by atoms with Gasteiger partial charge in [0, 0.05) is 18.3 Å². The minimum Gasteiger partial charge on any atom is -0.381 e. The molecule has 1 aliphatic rings. The lowest BCUT2D eigenvalue weighted by molar-refractivity contribution is 0.328. The van der Waals surface area contributed by atoms with Gasteiger partial charge in [-0.1, -0.05) is 0 Å². The molecule has 1 fully saturated rings. The van der Waals surface area contributed by atoms with Crippen molar-refractivity contribution in [2.24, 2.45) is 0 Å². The van der Waals surface area contributed by atoms with Gasteiger partial charge in [-0.15, -0.1) is 0 Å². The maximum absolute atomic E-state index is 11.6. The first-order valence-electron chi connectivity index (χ1n) is 7.04. The molecule has 0 amide bonds. The highest BCUT2D eigenvalue weighted by molar-refractivity contribution is 7.89. The molecule has 0 spiro atoms. The third kappa shape index (κ3) is 3.94. The first-order chi connectivity index (χ1) is 9.51. The van der Waals surface area contributed by atoms with E-state index in [1.54, 1.807) is 12.1 Å². The topological polar surface area (TPSA) is 61.4 Å². The molecular weight excluding hydrogens is 274 g/mol. The van der Waals surface area contributed by atoms with Gasteiger partial charge in [-0.3, -0.25) is 0 Å². The van der Waals surface area contributed by atoms with Crippen LogP contribution < -0.4 is 10.0 Å². The quantitative estimate of drug-likeness (QED) is 0.835. The van der Waals surface area contributed by atoms with Crippen molar-refractivity contribution in [2.75, 3.05) is 32.0 Å². The maximum atomic E-state index is 11.6. The third-order valence-corrected chi connectivity index (χ3v) is 5.01. The van der Waals surface area contributed by atoms with Crippen LogP contribution in [0, 0.1) is 0 Å². The molecule has 1 aromatic rings. The smallest absolute Gasteiger partial charge is 0.240 e. The summed E-state index contributed by atoms with van der Waals surface area (Å²) in [7, 11) is -1.93. The van der Waals surface area contributed by atoms with E-state index in [2.05, 4.69) is 21.9 Å². The average molecular weight is 297 g/mol. The molecule has 0 aromatic heterocycles. The van der Waals surface area contributed by atoms with Crippen molar-refractivity contribution in [1.29, 1.82) is 0 Å². The minimum atomic E-state index is -3.35. The van der Waals surface area contributed by atoms with Crippen LogP contribution in [0.1, 0.15) is 19.8 Å². The predicted octanol–water partition coefficient (Wildman–Crippen LogP) is 1.49.